The van der Waals surface area contributed by atoms with Crippen LogP contribution in [-0.4, -0.2) is 8.42 Å². The molecule has 1 unspecified atom stereocenters. The summed E-state index contributed by atoms with van der Waals surface area (Å²) in [5, 5.41) is 0. The highest BCUT2D eigenvalue weighted by Crippen LogP contribution is 2.29. The zero-order chi connectivity index (χ0) is 14.9. The van der Waals surface area contributed by atoms with E-state index >= 15 is 0 Å². The fourth-order valence-corrected chi connectivity index (χ4v) is 4.69. The lowest BCUT2D eigenvalue weighted by atomic mass is 10.3. The van der Waals surface area contributed by atoms with Gasteiger partial charge in [0.1, 0.15) is 4.90 Å². The molecule has 0 aliphatic carbocycles. The number of nitrogens with two attached hydrogens (primary N) is 1. The van der Waals surface area contributed by atoms with Crippen LogP contribution in [0.2, 0.25) is 4.34 Å². The average molecular weight is 396 g/mol. The largest absolute Gasteiger partial charge is 0.398 e. The van der Waals surface area contributed by atoms with Crippen molar-refractivity contribution in [2.24, 2.45) is 0 Å². The third kappa shape index (κ3) is 3.53. The van der Waals surface area contributed by atoms with Crippen LogP contribution in [0.5, 0.6) is 0 Å². The Morgan fingerprint density at radius 1 is 1.35 bits per heavy atom. The van der Waals surface area contributed by atoms with E-state index in [0.717, 1.165) is 4.88 Å². The Kier molecular flexibility index (Phi) is 4.76. The SMILES string of the molecule is CC(NS(=O)(=O)c1cc(Br)ccc1N)c1ccc(Cl)s1. The normalized spacial score (nSPS) is 13.3. The summed E-state index contributed by atoms with van der Waals surface area (Å²) < 4.78 is 28.6. The second-order valence-electron chi connectivity index (χ2n) is 4.17. The zero-order valence-corrected chi connectivity index (χ0v) is 14.4. The first-order valence-electron chi connectivity index (χ1n) is 5.62. The number of benzene rings is 1. The fraction of sp³-hybridized carbons (Fsp3) is 0.167. The summed E-state index contributed by atoms with van der Waals surface area (Å²) in [6, 6.07) is 7.87. The number of hydrogen-bond donors (Lipinski definition) is 2. The lowest BCUT2D eigenvalue weighted by Crippen LogP contribution is -2.27. The predicted molar refractivity (Wildman–Crippen MR) is 86.6 cm³/mol. The molecule has 1 atom stereocenters. The Morgan fingerprint density at radius 3 is 2.65 bits per heavy atom. The molecule has 2 aromatic rings. The molecular formula is C12H12BrClN2O2S2. The van der Waals surface area contributed by atoms with E-state index in [-0.39, 0.29) is 16.6 Å². The van der Waals surface area contributed by atoms with Crippen molar-refractivity contribution < 1.29 is 8.42 Å². The summed E-state index contributed by atoms with van der Waals surface area (Å²) in [6.07, 6.45) is 0. The fourth-order valence-electron chi connectivity index (χ4n) is 1.66. The number of sulfonamides is 1. The minimum absolute atomic E-state index is 0.0568. The highest BCUT2D eigenvalue weighted by atomic mass is 79.9. The average Bonchev–Trinajstić information content (AvgIpc) is 2.78. The van der Waals surface area contributed by atoms with Crippen molar-refractivity contribution in [1.29, 1.82) is 0 Å². The van der Waals surface area contributed by atoms with Crippen molar-refractivity contribution in [3.8, 4) is 0 Å². The van der Waals surface area contributed by atoms with Gasteiger partial charge in [-0.25, -0.2) is 13.1 Å². The summed E-state index contributed by atoms with van der Waals surface area (Å²) in [5.41, 5.74) is 5.94. The molecule has 0 saturated carbocycles. The van der Waals surface area contributed by atoms with Gasteiger partial charge in [0.25, 0.3) is 0 Å². The van der Waals surface area contributed by atoms with Gasteiger partial charge in [-0.3, -0.25) is 0 Å². The highest BCUT2D eigenvalue weighted by molar-refractivity contribution is 9.10. The molecule has 108 valence electrons. The lowest BCUT2D eigenvalue weighted by Gasteiger charge is -2.14. The number of rotatable bonds is 4. The summed E-state index contributed by atoms with van der Waals surface area (Å²) in [4.78, 5) is 0.897. The van der Waals surface area contributed by atoms with Crippen LogP contribution in [0.15, 0.2) is 39.7 Å². The predicted octanol–water partition coefficient (Wildman–Crippen LogP) is 3.79. The van der Waals surface area contributed by atoms with Crippen LogP contribution in [0.3, 0.4) is 0 Å². The van der Waals surface area contributed by atoms with Crippen LogP contribution in [0.1, 0.15) is 17.8 Å². The maximum absolute atomic E-state index is 12.4. The second kappa shape index (κ2) is 6.03. The van der Waals surface area contributed by atoms with Gasteiger partial charge < -0.3 is 5.73 Å². The van der Waals surface area contributed by atoms with E-state index < -0.39 is 10.0 Å². The molecule has 8 heteroatoms. The van der Waals surface area contributed by atoms with Crippen molar-refractivity contribution in [2.45, 2.75) is 17.9 Å². The maximum Gasteiger partial charge on any atom is 0.243 e. The van der Waals surface area contributed by atoms with E-state index in [1.165, 1.54) is 17.4 Å². The van der Waals surface area contributed by atoms with Crippen LogP contribution in [0.25, 0.3) is 0 Å². The van der Waals surface area contributed by atoms with E-state index in [4.69, 9.17) is 17.3 Å². The Bertz CT molecular complexity index is 731. The minimum Gasteiger partial charge on any atom is -0.398 e. The number of nitrogens with one attached hydrogen (secondary N) is 1. The van der Waals surface area contributed by atoms with E-state index in [1.807, 2.05) is 0 Å². The van der Waals surface area contributed by atoms with Gasteiger partial charge in [-0.05, 0) is 37.3 Å². The topological polar surface area (TPSA) is 72.2 Å². The Labute approximate surface area is 135 Å². The zero-order valence-electron chi connectivity index (χ0n) is 10.4. The van der Waals surface area contributed by atoms with Crippen molar-refractivity contribution in [1.82, 2.24) is 4.72 Å². The van der Waals surface area contributed by atoms with Crippen LogP contribution in [0, 0.1) is 0 Å². The first-order valence-corrected chi connectivity index (χ1v) is 9.09. The molecule has 0 fully saturated rings. The second-order valence-corrected chi connectivity index (χ2v) is 8.51. The molecule has 0 radical (unpaired) electrons. The molecule has 0 amide bonds. The highest BCUT2D eigenvalue weighted by Gasteiger charge is 2.22. The molecular weight excluding hydrogens is 384 g/mol. The van der Waals surface area contributed by atoms with E-state index in [1.54, 1.807) is 31.2 Å². The molecule has 0 aliphatic heterocycles. The number of halogens is 2. The maximum atomic E-state index is 12.4. The van der Waals surface area contributed by atoms with E-state index in [0.29, 0.717) is 8.81 Å². The molecule has 20 heavy (non-hydrogen) atoms. The monoisotopic (exact) mass is 394 g/mol. The molecule has 0 spiro atoms. The summed E-state index contributed by atoms with van der Waals surface area (Å²) in [5.74, 6) is 0. The third-order valence-corrected chi connectivity index (χ3v) is 6.12. The summed E-state index contributed by atoms with van der Waals surface area (Å²) in [6.45, 7) is 1.76. The van der Waals surface area contributed by atoms with E-state index in [2.05, 4.69) is 20.7 Å². The number of hydrogen-bond acceptors (Lipinski definition) is 4. The van der Waals surface area contributed by atoms with Crippen molar-refractivity contribution in [2.75, 3.05) is 5.73 Å². The first kappa shape index (κ1) is 15.8. The van der Waals surface area contributed by atoms with Crippen molar-refractivity contribution in [3.63, 3.8) is 0 Å². The van der Waals surface area contributed by atoms with Gasteiger partial charge in [-0.1, -0.05) is 27.5 Å². The molecule has 1 aromatic heterocycles. The minimum atomic E-state index is -3.69. The first-order chi connectivity index (χ1) is 9.29. The molecule has 0 bridgehead atoms. The van der Waals surface area contributed by atoms with Crippen molar-refractivity contribution in [3.05, 3.63) is 44.0 Å². The van der Waals surface area contributed by atoms with Gasteiger partial charge in [0.15, 0.2) is 0 Å². The molecule has 0 aliphatic rings. The lowest BCUT2D eigenvalue weighted by molar-refractivity contribution is 0.569. The number of thiophene rings is 1. The smallest absolute Gasteiger partial charge is 0.243 e. The van der Waals surface area contributed by atoms with Crippen LogP contribution in [-0.2, 0) is 10.0 Å². The molecule has 3 N–H and O–H groups in total. The van der Waals surface area contributed by atoms with Gasteiger partial charge in [-0.15, -0.1) is 11.3 Å². The Balaban J connectivity index is 2.29. The van der Waals surface area contributed by atoms with Gasteiger partial charge >= 0.3 is 0 Å². The summed E-state index contributed by atoms with van der Waals surface area (Å²) in [7, 11) is -3.69. The molecule has 0 saturated heterocycles. The van der Waals surface area contributed by atoms with Crippen molar-refractivity contribution >= 4 is 54.6 Å². The standard InChI is InChI=1S/C12H12BrClN2O2S2/c1-7(10-4-5-12(14)19-10)16-20(17,18)11-6-8(13)2-3-9(11)15/h2-7,16H,15H2,1H3. The van der Waals surface area contributed by atoms with E-state index in [9.17, 15) is 8.42 Å². The number of nitrogen functional groups attached to an aromatic ring is 1. The van der Waals surface area contributed by atoms with Gasteiger partial charge in [-0.2, -0.15) is 0 Å². The van der Waals surface area contributed by atoms with Gasteiger partial charge in [0.2, 0.25) is 10.0 Å². The molecule has 2 rings (SSSR count). The van der Waals surface area contributed by atoms with Crippen LogP contribution >= 0.6 is 38.9 Å². The van der Waals surface area contributed by atoms with Gasteiger partial charge in [0, 0.05) is 9.35 Å². The molecule has 1 heterocycles. The molecule has 4 nitrogen and oxygen atoms in total. The Hall–Kier alpha value is -0.600. The summed E-state index contributed by atoms with van der Waals surface area (Å²) >= 11 is 10.4. The van der Waals surface area contributed by atoms with Crippen LogP contribution < -0.4 is 10.5 Å². The van der Waals surface area contributed by atoms with Gasteiger partial charge in [0.05, 0.1) is 16.1 Å². The quantitative estimate of drug-likeness (QED) is 0.774. The Morgan fingerprint density at radius 2 is 2.05 bits per heavy atom. The van der Waals surface area contributed by atoms with Crippen LogP contribution in [0.4, 0.5) is 5.69 Å². The number of anilines is 1. The molecule has 1 aromatic carbocycles. The third-order valence-electron chi connectivity index (χ3n) is 2.62.